The second-order valence-corrected chi connectivity index (χ2v) is 8.89. The summed E-state index contributed by atoms with van der Waals surface area (Å²) in [5.74, 6) is 0.328. The fourth-order valence-corrected chi connectivity index (χ4v) is 4.09. The zero-order valence-electron chi connectivity index (χ0n) is 17.6. The lowest BCUT2D eigenvalue weighted by molar-refractivity contribution is 0.0953. The minimum atomic E-state index is -3.77. The Balaban J connectivity index is 1.57. The standard InChI is InChI=1S/C24H26N2O4S/c1-18-8-10-19(11-9-18)5-4-16-25-24(27)20-6-3-7-21(17-20)26-31(28,29)23-14-12-22(30-2)13-15-23/h3,6-15,17,26H,4-5,16H2,1-2H3,(H,25,27). The number of sulfonamides is 1. The molecule has 0 atom stereocenters. The lowest BCUT2D eigenvalue weighted by Crippen LogP contribution is -2.25. The van der Waals surface area contributed by atoms with Crippen molar-refractivity contribution in [1.82, 2.24) is 5.32 Å². The number of aryl methyl sites for hydroxylation is 2. The molecule has 2 N–H and O–H groups in total. The van der Waals surface area contributed by atoms with Gasteiger partial charge in [-0.15, -0.1) is 0 Å². The number of benzene rings is 3. The smallest absolute Gasteiger partial charge is 0.261 e. The van der Waals surface area contributed by atoms with E-state index in [1.54, 1.807) is 30.3 Å². The molecule has 0 spiro atoms. The van der Waals surface area contributed by atoms with Crippen LogP contribution in [0, 0.1) is 6.92 Å². The summed E-state index contributed by atoms with van der Waals surface area (Å²) in [5.41, 5.74) is 3.17. The van der Waals surface area contributed by atoms with Gasteiger partial charge in [0.2, 0.25) is 0 Å². The summed E-state index contributed by atoms with van der Waals surface area (Å²) >= 11 is 0. The summed E-state index contributed by atoms with van der Waals surface area (Å²) in [5, 5.41) is 2.88. The Bertz CT molecular complexity index is 1130. The van der Waals surface area contributed by atoms with Crippen molar-refractivity contribution in [3.05, 3.63) is 89.5 Å². The molecule has 0 aromatic heterocycles. The third-order valence-electron chi connectivity index (χ3n) is 4.80. The number of nitrogens with one attached hydrogen (secondary N) is 2. The number of rotatable bonds is 9. The Kier molecular flexibility index (Phi) is 7.31. The zero-order chi connectivity index (χ0) is 22.3. The predicted octanol–water partition coefficient (Wildman–Crippen LogP) is 4.17. The molecular formula is C24H26N2O4S. The molecule has 0 saturated heterocycles. The Morgan fingerprint density at radius 3 is 2.35 bits per heavy atom. The van der Waals surface area contributed by atoms with Crippen molar-refractivity contribution in [2.45, 2.75) is 24.7 Å². The highest BCUT2D eigenvalue weighted by molar-refractivity contribution is 7.92. The van der Waals surface area contributed by atoms with Gasteiger partial charge in [0.25, 0.3) is 15.9 Å². The third kappa shape index (κ3) is 6.33. The highest BCUT2D eigenvalue weighted by Crippen LogP contribution is 2.20. The minimum absolute atomic E-state index is 0.110. The van der Waals surface area contributed by atoms with Crippen molar-refractivity contribution < 1.29 is 17.9 Å². The largest absolute Gasteiger partial charge is 0.497 e. The molecule has 0 bridgehead atoms. The van der Waals surface area contributed by atoms with E-state index in [1.165, 1.54) is 36.4 Å². The van der Waals surface area contributed by atoms with Crippen LogP contribution in [0.3, 0.4) is 0 Å². The molecule has 0 aliphatic carbocycles. The second-order valence-electron chi connectivity index (χ2n) is 7.21. The van der Waals surface area contributed by atoms with Gasteiger partial charge in [0.15, 0.2) is 0 Å². The average molecular weight is 439 g/mol. The van der Waals surface area contributed by atoms with Crippen LogP contribution in [0.4, 0.5) is 5.69 Å². The summed E-state index contributed by atoms with van der Waals surface area (Å²) < 4.78 is 32.8. The van der Waals surface area contributed by atoms with E-state index < -0.39 is 10.0 Å². The maximum absolute atomic E-state index is 12.6. The van der Waals surface area contributed by atoms with Gasteiger partial charge in [-0.3, -0.25) is 9.52 Å². The highest BCUT2D eigenvalue weighted by Gasteiger charge is 2.15. The molecule has 7 heteroatoms. The summed E-state index contributed by atoms with van der Waals surface area (Å²) in [6.07, 6.45) is 1.70. The molecule has 0 aliphatic rings. The third-order valence-corrected chi connectivity index (χ3v) is 6.19. The number of methoxy groups -OCH3 is 1. The highest BCUT2D eigenvalue weighted by atomic mass is 32.2. The fraction of sp³-hybridized carbons (Fsp3) is 0.208. The van der Waals surface area contributed by atoms with Gasteiger partial charge >= 0.3 is 0 Å². The van der Waals surface area contributed by atoms with Crippen LogP contribution in [0.2, 0.25) is 0 Å². The molecule has 31 heavy (non-hydrogen) atoms. The monoisotopic (exact) mass is 438 g/mol. The SMILES string of the molecule is COc1ccc(S(=O)(=O)Nc2cccc(C(=O)NCCCc3ccc(C)cc3)c2)cc1. The molecule has 0 heterocycles. The van der Waals surface area contributed by atoms with Gasteiger partial charge in [0.05, 0.1) is 12.0 Å². The first-order valence-corrected chi connectivity index (χ1v) is 11.5. The lowest BCUT2D eigenvalue weighted by atomic mass is 10.1. The molecule has 3 aromatic carbocycles. The summed E-state index contributed by atoms with van der Waals surface area (Å²) in [6, 6.07) is 20.9. The van der Waals surface area contributed by atoms with E-state index in [9.17, 15) is 13.2 Å². The quantitative estimate of drug-likeness (QED) is 0.491. The number of carbonyl (C=O) groups excluding carboxylic acids is 1. The molecule has 3 rings (SSSR count). The van der Waals surface area contributed by atoms with E-state index in [4.69, 9.17) is 4.74 Å². The van der Waals surface area contributed by atoms with Crippen molar-refractivity contribution >= 4 is 21.6 Å². The Morgan fingerprint density at radius 1 is 0.968 bits per heavy atom. The van der Waals surface area contributed by atoms with Crippen LogP contribution in [0.15, 0.2) is 77.7 Å². The Morgan fingerprint density at radius 2 is 1.68 bits per heavy atom. The first-order chi connectivity index (χ1) is 14.9. The number of hydrogen-bond acceptors (Lipinski definition) is 4. The van der Waals surface area contributed by atoms with E-state index in [0.29, 0.717) is 23.5 Å². The molecule has 3 aromatic rings. The van der Waals surface area contributed by atoms with Crippen LogP contribution in [0.5, 0.6) is 5.75 Å². The maximum atomic E-state index is 12.6. The van der Waals surface area contributed by atoms with E-state index in [-0.39, 0.29) is 10.8 Å². The number of anilines is 1. The van der Waals surface area contributed by atoms with Crippen LogP contribution in [-0.2, 0) is 16.4 Å². The molecule has 1 amide bonds. The first kappa shape index (κ1) is 22.4. The fourth-order valence-electron chi connectivity index (χ4n) is 3.04. The van der Waals surface area contributed by atoms with Gasteiger partial charge in [0, 0.05) is 17.8 Å². The Labute approximate surface area is 183 Å². The average Bonchev–Trinajstić information content (AvgIpc) is 2.77. The van der Waals surface area contributed by atoms with Crippen molar-refractivity contribution in [1.29, 1.82) is 0 Å². The predicted molar refractivity (Wildman–Crippen MR) is 122 cm³/mol. The molecule has 0 unspecified atom stereocenters. The van der Waals surface area contributed by atoms with Crippen molar-refractivity contribution in [3.8, 4) is 5.75 Å². The van der Waals surface area contributed by atoms with E-state index in [2.05, 4.69) is 41.2 Å². The van der Waals surface area contributed by atoms with E-state index in [1.807, 2.05) is 0 Å². The van der Waals surface area contributed by atoms with Crippen molar-refractivity contribution in [3.63, 3.8) is 0 Å². The molecular weight excluding hydrogens is 412 g/mol. The van der Waals surface area contributed by atoms with Crippen molar-refractivity contribution in [2.75, 3.05) is 18.4 Å². The summed E-state index contributed by atoms with van der Waals surface area (Å²) in [6.45, 7) is 2.59. The van der Waals surface area contributed by atoms with E-state index in [0.717, 1.165) is 12.8 Å². The van der Waals surface area contributed by atoms with Crippen LogP contribution in [0.1, 0.15) is 27.9 Å². The van der Waals surface area contributed by atoms with E-state index >= 15 is 0 Å². The molecule has 0 saturated carbocycles. The van der Waals surface area contributed by atoms with Gasteiger partial charge in [-0.25, -0.2) is 8.42 Å². The van der Waals surface area contributed by atoms with Crippen LogP contribution in [-0.4, -0.2) is 28.0 Å². The number of hydrogen-bond donors (Lipinski definition) is 2. The molecule has 162 valence electrons. The number of ether oxygens (including phenoxy) is 1. The van der Waals surface area contributed by atoms with Crippen molar-refractivity contribution in [2.24, 2.45) is 0 Å². The minimum Gasteiger partial charge on any atom is -0.497 e. The van der Waals surface area contributed by atoms with Gasteiger partial charge < -0.3 is 10.1 Å². The second kappa shape index (κ2) is 10.1. The molecule has 0 fully saturated rings. The van der Waals surface area contributed by atoms with Gasteiger partial charge in [0.1, 0.15) is 5.75 Å². The maximum Gasteiger partial charge on any atom is 0.261 e. The Hall–Kier alpha value is -3.32. The van der Waals surface area contributed by atoms with Gasteiger partial charge in [-0.2, -0.15) is 0 Å². The molecule has 6 nitrogen and oxygen atoms in total. The van der Waals surface area contributed by atoms with Gasteiger partial charge in [-0.05, 0) is 67.8 Å². The molecule has 0 aliphatic heterocycles. The number of carbonyl (C=O) groups is 1. The van der Waals surface area contributed by atoms with Gasteiger partial charge in [-0.1, -0.05) is 35.9 Å². The lowest BCUT2D eigenvalue weighted by Gasteiger charge is -2.10. The molecule has 0 radical (unpaired) electrons. The summed E-state index contributed by atoms with van der Waals surface area (Å²) in [7, 11) is -2.26. The number of amides is 1. The zero-order valence-corrected chi connectivity index (χ0v) is 18.4. The first-order valence-electron chi connectivity index (χ1n) is 9.98. The summed E-state index contributed by atoms with van der Waals surface area (Å²) in [4.78, 5) is 12.6. The van der Waals surface area contributed by atoms with Crippen LogP contribution in [0.25, 0.3) is 0 Å². The van der Waals surface area contributed by atoms with Crippen LogP contribution < -0.4 is 14.8 Å². The topological polar surface area (TPSA) is 84.5 Å². The normalized spacial score (nSPS) is 11.0. The van der Waals surface area contributed by atoms with Crippen LogP contribution >= 0.6 is 0 Å².